The number of ketones is 1. The van der Waals surface area contributed by atoms with Gasteiger partial charge >= 0.3 is 0 Å². The highest BCUT2D eigenvalue weighted by atomic mass is 16.5. The Kier molecular flexibility index (Phi) is 4.74. The lowest BCUT2D eigenvalue weighted by molar-refractivity contribution is -0.128. The number of aromatic hydroxyl groups is 2. The van der Waals surface area contributed by atoms with E-state index in [9.17, 15) is 20.1 Å². The lowest BCUT2D eigenvalue weighted by atomic mass is 9.81. The van der Waals surface area contributed by atoms with Gasteiger partial charge in [-0.2, -0.15) is 0 Å². The van der Waals surface area contributed by atoms with Gasteiger partial charge in [0.1, 0.15) is 17.3 Å². The van der Waals surface area contributed by atoms with Gasteiger partial charge in [-0.25, -0.2) is 0 Å². The Balaban J connectivity index is 2.40. The number of aliphatic hydroxyl groups is 1. The Labute approximate surface area is 136 Å². The summed E-state index contributed by atoms with van der Waals surface area (Å²) in [7, 11) is 0. The Morgan fingerprint density at radius 2 is 1.83 bits per heavy atom. The van der Waals surface area contributed by atoms with Crippen LogP contribution in [0.2, 0.25) is 0 Å². The zero-order chi connectivity index (χ0) is 17.5. The molecule has 0 bridgehead atoms. The molecule has 1 aliphatic rings. The summed E-state index contributed by atoms with van der Waals surface area (Å²) in [6, 6.07) is 1.30. The second-order valence-corrected chi connectivity index (χ2v) is 7.22. The van der Waals surface area contributed by atoms with Crippen molar-refractivity contribution in [3.05, 3.63) is 22.8 Å². The molecule has 5 nitrogen and oxygen atoms in total. The zero-order valence-corrected chi connectivity index (χ0v) is 14.4. The van der Waals surface area contributed by atoms with Gasteiger partial charge in [0.25, 0.3) is 0 Å². The molecule has 0 fully saturated rings. The summed E-state index contributed by atoms with van der Waals surface area (Å²) in [5, 5.41) is 30.1. The summed E-state index contributed by atoms with van der Waals surface area (Å²) in [6.45, 7) is 8.87. The Morgan fingerprint density at radius 3 is 2.39 bits per heavy atom. The largest absolute Gasteiger partial charge is 0.508 e. The van der Waals surface area contributed by atoms with Crippen LogP contribution in [0.5, 0.6) is 11.5 Å². The van der Waals surface area contributed by atoms with Crippen LogP contribution in [0.15, 0.2) is 6.07 Å². The van der Waals surface area contributed by atoms with E-state index in [4.69, 9.17) is 4.74 Å². The SMILES string of the molecule is Cc1c(O)cc(O)c2c1C(C)C(C)OC2CC(=O)CC(C)(C)O. The maximum absolute atomic E-state index is 12.2. The smallest absolute Gasteiger partial charge is 0.138 e. The maximum Gasteiger partial charge on any atom is 0.138 e. The van der Waals surface area contributed by atoms with E-state index in [1.165, 1.54) is 6.07 Å². The third-order valence-electron chi connectivity index (χ3n) is 4.53. The number of phenolic OH excluding ortho intramolecular Hbond substituents is 2. The van der Waals surface area contributed by atoms with Crippen molar-refractivity contribution in [2.45, 2.75) is 71.2 Å². The molecule has 128 valence electrons. The molecule has 1 aromatic rings. The van der Waals surface area contributed by atoms with Crippen LogP contribution < -0.4 is 0 Å². The van der Waals surface area contributed by atoms with E-state index in [-0.39, 0.29) is 42.1 Å². The van der Waals surface area contributed by atoms with Crippen molar-refractivity contribution >= 4 is 5.78 Å². The van der Waals surface area contributed by atoms with E-state index in [0.29, 0.717) is 11.1 Å². The number of benzene rings is 1. The number of phenols is 2. The number of fused-ring (bicyclic) bond motifs is 1. The van der Waals surface area contributed by atoms with Crippen LogP contribution in [0.25, 0.3) is 0 Å². The molecule has 0 saturated heterocycles. The van der Waals surface area contributed by atoms with Gasteiger partial charge in [0.05, 0.1) is 17.8 Å². The fourth-order valence-corrected chi connectivity index (χ4v) is 3.31. The van der Waals surface area contributed by atoms with E-state index < -0.39 is 11.7 Å². The minimum absolute atomic E-state index is 0.00337. The first-order valence-electron chi connectivity index (χ1n) is 7.96. The first kappa shape index (κ1) is 17.8. The molecule has 0 aromatic heterocycles. The Morgan fingerprint density at radius 1 is 1.22 bits per heavy atom. The molecular weight excluding hydrogens is 296 g/mol. The number of ether oxygens (including phenoxy) is 1. The first-order valence-corrected chi connectivity index (χ1v) is 7.96. The number of carbonyl (C=O) groups excluding carboxylic acids is 1. The van der Waals surface area contributed by atoms with Gasteiger partial charge < -0.3 is 20.1 Å². The van der Waals surface area contributed by atoms with Gasteiger partial charge in [-0.15, -0.1) is 0 Å². The van der Waals surface area contributed by atoms with E-state index >= 15 is 0 Å². The molecule has 23 heavy (non-hydrogen) atoms. The van der Waals surface area contributed by atoms with Gasteiger partial charge in [-0.1, -0.05) is 6.92 Å². The number of hydrogen-bond donors (Lipinski definition) is 3. The monoisotopic (exact) mass is 322 g/mol. The van der Waals surface area contributed by atoms with E-state index in [1.807, 2.05) is 13.8 Å². The predicted octanol–water partition coefficient (Wildman–Crippen LogP) is 3.09. The van der Waals surface area contributed by atoms with Crippen molar-refractivity contribution in [2.75, 3.05) is 0 Å². The molecule has 0 amide bonds. The lowest BCUT2D eigenvalue weighted by Crippen LogP contribution is -2.31. The average molecular weight is 322 g/mol. The van der Waals surface area contributed by atoms with Crippen molar-refractivity contribution in [1.82, 2.24) is 0 Å². The summed E-state index contributed by atoms with van der Waals surface area (Å²) in [5.41, 5.74) is 1.07. The Bertz CT molecular complexity index is 615. The molecular formula is C18H26O5. The molecule has 3 atom stereocenters. The van der Waals surface area contributed by atoms with Crippen LogP contribution in [0.3, 0.4) is 0 Å². The fraction of sp³-hybridized carbons (Fsp3) is 0.611. The van der Waals surface area contributed by atoms with Crippen LogP contribution in [0.4, 0.5) is 0 Å². The molecule has 3 unspecified atom stereocenters. The summed E-state index contributed by atoms with van der Waals surface area (Å²) in [6.07, 6.45) is -0.580. The van der Waals surface area contributed by atoms with Crippen LogP contribution >= 0.6 is 0 Å². The van der Waals surface area contributed by atoms with Crippen molar-refractivity contribution in [3.8, 4) is 11.5 Å². The third kappa shape index (κ3) is 3.67. The molecule has 0 radical (unpaired) electrons. The highest BCUT2D eigenvalue weighted by Gasteiger charge is 2.36. The van der Waals surface area contributed by atoms with Crippen LogP contribution in [0.1, 0.15) is 69.2 Å². The highest BCUT2D eigenvalue weighted by Crippen LogP contribution is 2.47. The van der Waals surface area contributed by atoms with E-state index in [2.05, 4.69) is 0 Å². The highest BCUT2D eigenvalue weighted by molar-refractivity contribution is 5.80. The molecule has 0 spiro atoms. The molecule has 2 rings (SSSR count). The number of Topliss-reactive ketones (excluding diaryl/α,β-unsaturated/α-hetero) is 1. The standard InChI is InChI=1S/C18H26O5/c1-9-11(3)23-15(6-12(19)8-18(4,5)22)17-14(21)7-13(20)10(2)16(9)17/h7,9,11,15,20-22H,6,8H2,1-5H3. The molecule has 5 heteroatoms. The molecule has 1 aromatic carbocycles. The van der Waals surface area contributed by atoms with Crippen molar-refractivity contribution in [3.63, 3.8) is 0 Å². The van der Waals surface area contributed by atoms with Gasteiger partial charge in [-0.3, -0.25) is 4.79 Å². The summed E-state index contributed by atoms with van der Waals surface area (Å²) >= 11 is 0. The number of rotatable bonds is 4. The minimum atomic E-state index is -1.07. The van der Waals surface area contributed by atoms with Gasteiger partial charge in [0.2, 0.25) is 0 Å². The summed E-state index contributed by atoms with van der Waals surface area (Å²) in [4.78, 5) is 12.2. The second kappa shape index (κ2) is 6.13. The topological polar surface area (TPSA) is 87.0 Å². The fourth-order valence-electron chi connectivity index (χ4n) is 3.31. The predicted molar refractivity (Wildman–Crippen MR) is 86.8 cm³/mol. The molecule has 1 aliphatic heterocycles. The zero-order valence-electron chi connectivity index (χ0n) is 14.4. The average Bonchev–Trinajstić information content (AvgIpc) is 2.37. The van der Waals surface area contributed by atoms with E-state index in [0.717, 1.165) is 5.56 Å². The molecule has 3 N–H and O–H groups in total. The maximum atomic E-state index is 12.2. The summed E-state index contributed by atoms with van der Waals surface area (Å²) < 4.78 is 5.94. The lowest BCUT2D eigenvalue weighted by Gasteiger charge is -2.37. The first-order chi connectivity index (χ1) is 10.5. The third-order valence-corrected chi connectivity index (χ3v) is 4.53. The minimum Gasteiger partial charge on any atom is -0.508 e. The van der Waals surface area contributed by atoms with Crippen LogP contribution in [0, 0.1) is 6.92 Å². The molecule has 0 saturated carbocycles. The molecule has 1 heterocycles. The quantitative estimate of drug-likeness (QED) is 0.793. The number of hydrogen-bond acceptors (Lipinski definition) is 5. The normalized spacial score (nSPS) is 24.3. The van der Waals surface area contributed by atoms with Gasteiger partial charge in [-0.05, 0) is 38.8 Å². The van der Waals surface area contributed by atoms with Crippen LogP contribution in [-0.4, -0.2) is 32.8 Å². The Hall–Kier alpha value is -1.59. The van der Waals surface area contributed by atoms with E-state index in [1.54, 1.807) is 20.8 Å². The summed E-state index contributed by atoms with van der Waals surface area (Å²) in [5.74, 6) is -0.129. The van der Waals surface area contributed by atoms with Crippen molar-refractivity contribution in [1.29, 1.82) is 0 Å². The van der Waals surface area contributed by atoms with Crippen LogP contribution in [-0.2, 0) is 9.53 Å². The van der Waals surface area contributed by atoms with Gasteiger partial charge in [0.15, 0.2) is 0 Å². The number of carbonyl (C=O) groups is 1. The molecule has 0 aliphatic carbocycles. The second-order valence-electron chi connectivity index (χ2n) is 7.22. The van der Waals surface area contributed by atoms with Crippen molar-refractivity contribution in [2.24, 2.45) is 0 Å². The van der Waals surface area contributed by atoms with Crippen molar-refractivity contribution < 1.29 is 24.9 Å². The van der Waals surface area contributed by atoms with Gasteiger partial charge in [0, 0.05) is 30.4 Å².